The summed E-state index contributed by atoms with van der Waals surface area (Å²) >= 11 is 0. The minimum Gasteiger partial charge on any atom is -0.375 e. The summed E-state index contributed by atoms with van der Waals surface area (Å²) in [6.07, 6.45) is 1.92. The van der Waals surface area contributed by atoms with Crippen molar-refractivity contribution in [2.24, 2.45) is 5.73 Å². The molecule has 0 unspecified atom stereocenters. The van der Waals surface area contributed by atoms with Crippen LogP contribution in [0.2, 0.25) is 0 Å². The van der Waals surface area contributed by atoms with Gasteiger partial charge in [-0.1, -0.05) is 6.08 Å². The summed E-state index contributed by atoms with van der Waals surface area (Å²) in [5.41, 5.74) is 6.71. The van der Waals surface area contributed by atoms with Crippen molar-refractivity contribution in [1.29, 1.82) is 0 Å². The molecule has 1 heterocycles. The zero-order valence-electron chi connectivity index (χ0n) is 8.82. The van der Waals surface area contributed by atoms with Gasteiger partial charge in [0, 0.05) is 13.7 Å². The Hall–Kier alpha value is -0.420. The van der Waals surface area contributed by atoms with Crippen LogP contribution in [0.4, 0.5) is 0 Å². The van der Waals surface area contributed by atoms with E-state index in [0.29, 0.717) is 6.54 Å². The lowest BCUT2D eigenvalue weighted by Gasteiger charge is -2.19. The predicted molar refractivity (Wildman–Crippen MR) is 51.8 cm³/mol. The van der Waals surface area contributed by atoms with Gasteiger partial charge in [0.1, 0.15) is 18.3 Å². The molecular formula is C10H17NO3. The van der Waals surface area contributed by atoms with E-state index in [1.807, 2.05) is 19.9 Å². The van der Waals surface area contributed by atoms with Gasteiger partial charge in [0.2, 0.25) is 0 Å². The van der Waals surface area contributed by atoms with Crippen LogP contribution in [0, 0.1) is 0 Å². The van der Waals surface area contributed by atoms with Crippen LogP contribution in [0.1, 0.15) is 13.8 Å². The van der Waals surface area contributed by atoms with Crippen molar-refractivity contribution in [3.8, 4) is 0 Å². The maximum atomic E-state index is 5.76. The van der Waals surface area contributed by atoms with Crippen molar-refractivity contribution in [2.75, 3.05) is 13.7 Å². The summed E-state index contributed by atoms with van der Waals surface area (Å²) in [7, 11) is 1.67. The number of rotatable bonds is 2. The Bertz CT molecular complexity index is 262. The van der Waals surface area contributed by atoms with Gasteiger partial charge in [0.05, 0.1) is 0 Å². The van der Waals surface area contributed by atoms with E-state index in [9.17, 15) is 0 Å². The van der Waals surface area contributed by atoms with E-state index in [4.69, 9.17) is 19.9 Å². The monoisotopic (exact) mass is 199 g/mol. The number of hydrogen-bond donors (Lipinski definition) is 1. The highest BCUT2D eigenvalue weighted by molar-refractivity contribution is 5.25. The molecule has 0 amide bonds. The summed E-state index contributed by atoms with van der Waals surface area (Å²) in [4.78, 5) is 0. The standard InChI is InChI=1S/C10H17NO3/c1-10(2)13-8-6(5-11)4-7(12-3)9(8)14-10/h4,7-9H,5,11H2,1-3H3/t7-,8-,9+/m0/s1. The van der Waals surface area contributed by atoms with Gasteiger partial charge in [-0.05, 0) is 19.4 Å². The molecule has 0 aromatic heterocycles. The first kappa shape index (κ1) is 10.1. The van der Waals surface area contributed by atoms with Gasteiger partial charge in [0.25, 0.3) is 0 Å². The molecule has 3 atom stereocenters. The molecule has 0 spiro atoms. The van der Waals surface area contributed by atoms with E-state index in [1.54, 1.807) is 7.11 Å². The number of ether oxygens (including phenoxy) is 3. The van der Waals surface area contributed by atoms with Gasteiger partial charge in [-0.15, -0.1) is 0 Å². The van der Waals surface area contributed by atoms with Crippen molar-refractivity contribution in [2.45, 2.75) is 37.9 Å². The molecule has 2 N–H and O–H groups in total. The van der Waals surface area contributed by atoms with E-state index in [2.05, 4.69) is 0 Å². The molecule has 14 heavy (non-hydrogen) atoms. The molecule has 1 saturated heterocycles. The molecule has 4 nitrogen and oxygen atoms in total. The number of methoxy groups -OCH3 is 1. The fourth-order valence-corrected chi connectivity index (χ4v) is 2.10. The molecule has 1 aliphatic heterocycles. The van der Waals surface area contributed by atoms with Gasteiger partial charge < -0.3 is 19.9 Å². The van der Waals surface area contributed by atoms with Gasteiger partial charge in [-0.3, -0.25) is 0 Å². The largest absolute Gasteiger partial charge is 0.375 e. The van der Waals surface area contributed by atoms with E-state index in [0.717, 1.165) is 5.57 Å². The first-order chi connectivity index (χ1) is 6.57. The molecular weight excluding hydrogens is 182 g/mol. The lowest BCUT2D eigenvalue weighted by molar-refractivity contribution is -0.154. The lowest BCUT2D eigenvalue weighted by atomic mass is 10.1. The minimum absolute atomic E-state index is 0.0275. The highest BCUT2D eigenvalue weighted by Crippen LogP contribution is 2.38. The molecule has 4 heteroatoms. The van der Waals surface area contributed by atoms with Crippen molar-refractivity contribution in [1.82, 2.24) is 0 Å². The van der Waals surface area contributed by atoms with E-state index >= 15 is 0 Å². The molecule has 1 aliphatic carbocycles. The average Bonchev–Trinajstić information content (AvgIpc) is 2.57. The zero-order chi connectivity index (χ0) is 10.3. The van der Waals surface area contributed by atoms with Gasteiger partial charge in [-0.2, -0.15) is 0 Å². The first-order valence-corrected chi connectivity index (χ1v) is 4.86. The quantitative estimate of drug-likeness (QED) is 0.655. The Balaban J connectivity index is 2.19. The second-order valence-corrected chi connectivity index (χ2v) is 4.17. The second kappa shape index (κ2) is 3.31. The van der Waals surface area contributed by atoms with Gasteiger partial charge in [0.15, 0.2) is 5.79 Å². The maximum absolute atomic E-state index is 5.76. The van der Waals surface area contributed by atoms with Crippen LogP contribution in [0.25, 0.3) is 0 Å². The van der Waals surface area contributed by atoms with Crippen molar-refractivity contribution < 1.29 is 14.2 Å². The van der Waals surface area contributed by atoms with Crippen LogP contribution in [0.15, 0.2) is 11.6 Å². The van der Waals surface area contributed by atoms with Crippen LogP contribution in [-0.2, 0) is 14.2 Å². The third-order valence-corrected chi connectivity index (χ3v) is 2.70. The summed E-state index contributed by atoms with van der Waals surface area (Å²) in [5, 5.41) is 0. The SMILES string of the molecule is CO[C@H]1C=C(CN)[C@@H]2OC(C)(C)O[C@H]12. The Morgan fingerprint density at radius 2 is 2.21 bits per heavy atom. The van der Waals surface area contributed by atoms with Gasteiger partial charge in [-0.25, -0.2) is 0 Å². The third-order valence-electron chi connectivity index (χ3n) is 2.70. The molecule has 0 saturated carbocycles. The van der Waals surface area contributed by atoms with Crippen LogP contribution in [-0.4, -0.2) is 37.8 Å². The van der Waals surface area contributed by atoms with E-state index in [1.165, 1.54) is 0 Å². The highest BCUT2D eigenvalue weighted by atomic mass is 16.8. The van der Waals surface area contributed by atoms with Crippen molar-refractivity contribution in [3.05, 3.63) is 11.6 Å². The predicted octanol–water partition coefficient (Wildman–Crippen LogP) is 0.420. The molecule has 1 fully saturated rings. The summed E-state index contributed by atoms with van der Waals surface area (Å²) in [5.74, 6) is -0.527. The van der Waals surface area contributed by atoms with E-state index in [-0.39, 0.29) is 18.3 Å². The van der Waals surface area contributed by atoms with Crippen LogP contribution < -0.4 is 5.73 Å². The lowest BCUT2D eigenvalue weighted by Crippen LogP contribution is -2.31. The number of hydrogen-bond acceptors (Lipinski definition) is 4. The maximum Gasteiger partial charge on any atom is 0.164 e. The first-order valence-electron chi connectivity index (χ1n) is 4.86. The second-order valence-electron chi connectivity index (χ2n) is 4.17. The number of nitrogens with two attached hydrogens (primary N) is 1. The fourth-order valence-electron chi connectivity index (χ4n) is 2.10. The molecule has 2 aliphatic rings. The summed E-state index contributed by atoms with van der Waals surface area (Å²) in [6, 6.07) is 0. The molecule has 0 aromatic carbocycles. The van der Waals surface area contributed by atoms with Crippen LogP contribution >= 0.6 is 0 Å². The number of fused-ring (bicyclic) bond motifs is 1. The van der Waals surface area contributed by atoms with E-state index < -0.39 is 5.79 Å². The van der Waals surface area contributed by atoms with Crippen LogP contribution in [0.3, 0.4) is 0 Å². The van der Waals surface area contributed by atoms with Crippen molar-refractivity contribution in [3.63, 3.8) is 0 Å². The Labute approximate surface area is 84.0 Å². The zero-order valence-corrected chi connectivity index (χ0v) is 8.82. The molecule has 2 rings (SSSR count). The topological polar surface area (TPSA) is 53.7 Å². The Morgan fingerprint density at radius 1 is 1.50 bits per heavy atom. The normalized spacial score (nSPS) is 39.7. The third kappa shape index (κ3) is 1.48. The minimum atomic E-state index is -0.527. The van der Waals surface area contributed by atoms with Gasteiger partial charge >= 0.3 is 0 Å². The summed E-state index contributed by atoms with van der Waals surface area (Å²) in [6.45, 7) is 4.32. The fraction of sp³-hybridized carbons (Fsp3) is 0.800. The molecule has 0 bridgehead atoms. The highest BCUT2D eigenvalue weighted by Gasteiger charge is 2.49. The van der Waals surface area contributed by atoms with Crippen molar-refractivity contribution >= 4 is 0 Å². The Morgan fingerprint density at radius 3 is 2.79 bits per heavy atom. The molecule has 0 aromatic rings. The molecule has 80 valence electrons. The molecule has 0 radical (unpaired) electrons. The van der Waals surface area contributed by atoms with Crippen LogP contribution in [0.5, 0.6) is 0 Å². The Kier molecular flexibility index (Phi) is 2.39. The average molecular weight is 199 g/mol. The summed E-state index contributed by atoms with van der Waals surface area (Å²) < 4.78 is 16.8. The smallest absolute Gasteiger partial charge is 0.164 e.